The number of esters is 2. The summed E-state index contributed by atoms with van der Waals surface area (Å²) in [4.78, 5) is 39.9. The van der Waals surface area contributed by atoms with Crippen LogP contribution >= 0.6 is 22.6 Å². The zero-order valence-corrected chi connectivity index (χ0v) is 20.6. The second-order valence-corrected chi connectivity index (χ2v) is 8.49. The Balaban J connectivity index is 1.66. The third kappa shape index (κ3) is 5.06. The summed E-state index contributed by atoms with van der Waals surface area (Å²) in [6.45, 7) is 1.56. The summed E-state index contributed by atoms with van der Waals surface area (Å²) in [6.07, 6.45) is 1.50. The minimum atomic E-state index is -0.695. The molecule has 0 aliphatic carbocycles. The summed E-state index contributed by atoms with van der Waals surface area (Å²) < 4.78 is 16.8. The van der Waals surface area contributed by atoms with E-state index in [-0.39, 0.29) is 28.8 Å². The summed E-state index contributed by atoms with van der Waals surface area (Å²) in [6, 6.07) is 16.3. The fraction of sp³-hybridized carbons (Fsp3) is 0.0800. The molecule has 0 bridgehead atoms. The van der Waals surface area contributed by atoms with Crippen LogP contribution in [0.1, 0.15) is 27.0 Å². The van der Waals surface area contributed by atoms with Crippen LogP contribution in [0.3, 0.4) is 0 Å². The van der Waals surface area contributed by atoms with Crippen molar-refractivity contribution in [2.75, 3.05) is 7.11 Å². The predicted octanol–water partition coefficient (Wildman–Crippen LogP) is 5.08. The molecule has 0 amide bonds. The van der Waals surface area contributed by atoms with Crippen molar-refractivity contribution < 1.29 is 28.7 Å². The topological polar surface area (TPSA) is 117 Å². The molecule has 1 aliphatic rings. The van der Waals surface area contributed by atoms with Gasteiger partial charge in [0.25, 0.3) is 5.69 Å². The van der Waals surface area contributed by atoms with Crippen LogP contribution in [-0.4, -0.2) is 29.9 Å². The summed E-state index contributed by atoms with van der Waals surface area (Å²) in [5.41, 5.74) is 1.55. The van der Waals surface area contributed by atoms with Crippen LogP contribution in [0.5, 0.6) is 11.5 Å². The number of carbonyl (C=O) groups is 2. The van der Waals surface area contributed by atoms with Gasteiger partial charge in [0.2, 0.25) is 5.90 Å². The fourth-order valence-electron chi connectivity index (χ4n) is 3.38. The van der Waals surface area contributed by atoms with Gasteiger partial charge in [0.15, 0.2) is 17.2 Å². The summed E-state index contributed by atoms with van der Waals surface area (Å²) in [7, 11) is 1.44. The van der Waals surface area contributed by atoms with Gasteiger partial charge < -0.3 is 14.2 Å². The number of benzene rings is 3. The number of hydrogen-bond acceptors (Lipinski definition) is 8. The molecule has 1 aliphatic heterocycles. The highest BCUT2D eigenvalue weighted by atomic mass is 127. The van der Waals surface area contributed by atoms with Gasteiger partial charge in [0.05, 0.1) is 21.2 Å². The van der Waals surface area contributed by atoms with Crippen LogP contribution in [0, 0.1) is 20.6 Å². The third-order valence-corrected chi connectivity index (χ3v) is 5.91. The van der Waals surface area contributed by atoms with Crippen molar-refractivity contribution >= 4 is 52.2 Å². The second-order valence-electron chi connectivity index (χ2n) is 7.33. The van der Waals surface area contributed by atoms with E-state index in [1.54, 1.807) is 55.5 Å². The Labute approximate surface area is 213 Å². The highest BCUT2D eigenvalue weighted by molar-refractivity contribution is 14.1. The number of cyclic esters (lactones) is 1. The molecule has 0 radical (unpaired) electrons. The van der Waals surface area contributed by atoms with Crippen molar-refractivity contribution in [1.82, 2.24) is 0 Å². The first-order valence-electron chi connectivity index (χ1n) is 10.2. The lowest BCUT2D eigenvalue weighted by Crippen LogP contribution is -2.10. The summed E-state index contributed by atoms with van der Waals surface area (Å²) in [5, 5.41) is 11.2. The second kappa shape index (κ2) is 10.1. The first-order chi connectivity index (χ1) is 16.8. The van der Waals surface area contributed by atoms with E-state index in [0.29, 0.717) is 25.8 Å². The molecule has 3 aromatic rings. The van der Waals surface area contributed by atoms with Gasteiger partial charge in [-0.15, -0.1) is 0 Å². The Kier molecular flexibility index (Phi) is 6.92. The Bertz CT molecular complexity index is 1410. The SMILES string of the molecule is COc1cc(/C=C2\N=C(c3cccc([N+](=O)[O-])c3C)OC2=O)cc(I)c1OC(=O)c1ccccc1. The molecule has 0 atom stereocenters. The Morgan fingerprint density at radius 3 is 2.57 bits per heavy atom. The quantitative estimate of drug-likeness (QED) is 0.0991. The molecule has 0 unspecified atom stereocenters. The van der Waals surface area contributed by atoms with Gasteiger partial charge in [-0.1, -0.05) is 24.3 Å². The number of aliphatic imine (C=N–C) groups is 1. The van der Waals surface area contributed by atoms with Gasteiger partial charge in [-0.25, -0.2) is 14.6 Å². The number of carbonyl (C=O) groups excluding carboxylic acids is 2. The molecule has 9 nitrogen and oxygen atoms in total. The Morgan fingerprint density at radius 2 is 1.89 bits per heavy atom. The van der Waals surface area contributed by atoms with E-state index in [1.807, 2.05) is 22.6 Å². The maximum absolute atomic E-state index is 12.5. The molecular weight excluding hydrogens is 567 g/mol. The molecular formula is C25H17IN2O7. The van der Waals surface area contributed by atoms with Gasteiger partial charge in [-0.3, -0.25) is 10.1 Å². The number of hydrogen-bond donors (Lipinski definition) is 0. The van der Waals surface area contributed by atoms with Crippen molar-refractivity contribution in [2.45, 2.75) is 6.92 Å². The number of rotatable bonds is 6. The molecule has 35 heavy (non-hydrogen) atoms. The first kappa shape index (κ1) is 24.1. The van der Waals surface area contributed by atoms with E-state index in [2.05, 4.69) is 4.99 Å². The Morgan fingerprint density at radius 1 is 1.14 bits per heavy atom. The molecule has 0 fully saturated rings. The maximum atomic E-state index is 12.5. The highest BCUT2D eigenvalue weighted by Crippen LogP contribution is 2.36. The molecule has 4 rings (SSSR count). The first-order valence-corrected chi connectivity index (χ1v) is 11.3. The van der Waals surface area contributed by atoms with Crippen LogP contribution in [0.25, 0.3) is 6.08 Å². The molecule has 0 saturated carbocycles. The van der Waals surface area contributed by atoms with E-state index in [9.17, 15) is 19.7 Å². The van der Waals surface area contributed by atoms with E-state index in [4.69, 9.17) is 14.2 Å². The molecule has 0 N–H and O–H groups in total. The molecule has 3 aromatic carbocycles. The molecule has 0 aromatic heterocycles. The van der Waals surface area contributed by atoms with E-state index >= 15 is 0 Å². The number of methoxy groups -OCH3 is 1. The standard InChI is InChI=1S/C25H17IN2O7/c1-14-17(9-6-10-20(14)28(31)32)23-27-19(25(30)35-23)12-15-11-18(26)22(21(13-15)33-2)34-24(29)16-7-4-3-5-8-16/h3-13H,1-2H3/b19-12-. The minimum absolute atomic E-state index is 0.0118. The lowest BCUT2D eigenvalue weighted by molar-refractivity contribution is -0.385. The van der Waals surface area contributed by atoms with E-state index < -0.39 is 16.9 Å². The van der Waals surface area contributed by atoms with E-state index in [1.165, 1.54) is 25.3 Å². The normalized spacial score (nSPS) is 13.9. The van der Waals surface area contributed by atoms with Crippen LogP contribution < -0.4 is 9.47 Å². The van der Waals surface area contributed by atoms with E-state index in [0.717, 1.165) is 0 Å². The highest BCUT2D eigenvalue weighted by Gasteiger charge is 2.28. The number of nitro groups is 1. The predicted molar refractivity (Wildman–Crippen MR) is 136 cm³/mol. The largest absolute Gasteiger partial charge is 0.493 e. The average molecular weight is 584 g/mol. The number of nitro benzene ring substituents is 1. The zero-order chi connectivity index (χ0) is 25.1. The van der Waals surface area contributed by atoms with Crippen LogP contribution in [-0.2, 0) is 9.53 Å². The molecule has 0 spiro atoms. The van der Waals surface area contributed by atoms with Crippen molar-refractivity contribution in [3.8, 4) is 11.5 Å². The number of ether oxygens (including phenoxy) is 3. The van der Waals surface area contributed by atoms with Gasteiger partial charge >= 0.3 is 11.9 Å². The minimum Gasteiger partial charge on any atom is -0.493 e. The number of halogens is 1. The molecule has 10 heteroatoms. The van der Waals surface area contributed by atoms with Crippen molar-refractivity contribution in [3.05, 3.63) is 102 Å². The smallest absolute Gasteiger partial charge is 0.363 e. The maximum Gasteiger partial charge on any atom is 0.363 e. The van der Waals surface area contributed by atoms with Crippen molar-refractivity contribution in [1.29, 1.82) is 0 Å². The van der Waals surface area contributed by atoms with Crippen LogP contribution in [0.4, 0.5) is 5.69 Å². The van der Waals surface area contributed by atoms with Crippen molar-refractivity contribution in [3.63, 3.8) is 0 Å². The van der Waals surface area contributed by atoms with Gasteiger partial charge in [0.1, 0.15) is 0 Å². The van der Waals surface area contributed by atoms with Gasteiger partial charge in [-0.05, 0) is 71.5 Å². The lowest BCUT2D eigenvalue weighted by Gasteiger charge is -2.12. The molecule has 1 heterocycles. The monoisotopic (exact) mass is 584 g/mol. The van der Waals surface area contributed by atoms with Gasteiger partial charge in [-0.2, -0.15) is 0 Å². The Hall–Kier alpha value is -4.06. The average Bonchev–Trinajstić information content (AvgIpc) is 3.20. The summed E-state index contributed by atoms with van der Waals surface area (Å²) in [5.74, 6) is -0.710. The van der Waals surface area contributed by atoms with Crippen molar-refractivity contribution in [2.24, 2.45) is 4.99 Å². The molecule has 0 saturated heterocycles. The summed E-state index contributed by atoms with van der Waals surface area (Å²) >= 11 is 2.00. The zero-order valence-electron chi connectivity index (χ0n) is 18.5. The number of nitrogens with zero attached hydrogens (tertiary/aromatic N) is 2. The van der Waals surface area contributed by atoms with Crippen LogP contribution in [0.2, 0.25) is 0 Å². The molecule has 176 valence electrons. The van der Waals surface area contributed by atoms with Crippen LogP contribution in [0.15, 0.2) is 71.4 Å². The fourth-order valence-corrected chi connectivity index (χ4v) is 4.12. The van der Waals surface area contributed by atoms with Gasteiger partial charge in [0, 0.05) is 17.2 Å². The third-order valence-electron chi connectivity index (χ3n) is 5.11. The lowest BCUT2D eigenvalue weighted by atomic mass is 10.1.